The smallest absolute Gasteiger partial charge is 0.255 e. The minimum absolute atomic E-state index is 0.0393. The Kier molecular flexibility index (Phi) is 7.69. The number of nitrogens with zero attached hydrogens (tertiary/aromatic N) is 1. The molecule has 2 heterocycles. The Balaban J connectivity index is 1.46. The fraction of sp³-hybridized carbons (Fsp3) is 0.455. The number of ether oxygens (including phenoxy) is 1. The van der Waals surface area contributed by atoms with Crippen LogP contribution in [0.3, 0.4) is 0 Å². The second-order valence-electron chi connectivity index (χ2n) is 7.14. The number of para-hydroxylation sites is 1. The maximum absolute atomic E-state index is 12.3. The molecule has 29 heavy (non-hydrogen) atoms. The maximum atomic E-state index is 12.3. The zero-order valence-corrected chi connectivity index (χ0v) is 16.9. The number of piperidine rings is 1. The number of carbonyl (C=O) groups excluding carboxylic acids is 2. The highest BCUT2D eigenvalue weighted by molar-refractivity contribution is 5.97. The van der Waals surface area contributed by atoms with Crippen molar-refractivity contribution in [2.75, 3.05) is 33.3 Å². The van der Waals surface area contributed by atoms with Crippen molar-refractivity contribution in [2.45, 2.75) is 31.7 Å². The predicted octanol–water partition coefficient (Wildman–Crippen LogP) is 2.75. The molecular weight excluding hydrogens is 370 g/mol. The van der Waals surface area contributed by atoms with Gasteiger partial charge in [-0.1, -0.05) is 18.6 Å². The van der Waals surface area contributed by atoms with Crippen LogP contribution in [0, 0.1) is 0 Å². The molecule has 1 fully saturated rings. The second-order valence-corrected chi connectivity index (χ2v) is 7.14. The van der Waals surface area contributed by atoms with Crippen LogP contribution in [-0.2, 0) is 4.79 Å². The van der Waals surface area contributed by atoms with Gasteiger partial charge in [0.25, 0.3) is 5.91 Å². The lowest BCUT2D eigenvalue weighted by Crippen LogP contribution is -2.41. The molecule has 1 aromatic carbocycles. The van der Waals surface area contributed by atoms with Crippen molar-refractivity contribution < 1.29 is 18.7 Å². The number of hydrogen-bond donors (Lipinski definition) is 2. The van der Waals surface area contributed by atoms with Gasteiger partial charge in [-0.15, -0.1) is 0 Å². The highest BCUT2D eigenvalue weighted by Crippen LogP contribution is 2.24. The fourth-order valence-electron chi connectivity index (χ4n) is 3.64. The van der Waals surface area contributed by atoms with Gasteiger partial charge in [0.2, 0.25) is 5.91 Å². The Hall–Kier alpha value is -2.80. The van der Waals surface area contributed by atoms with E-state index in [9.17, 15) is 9.59 Å². The average Bonchev–Trinajstić information content (AvgIpc) is 3.29. The first kappa shape index (κ1) is 20.9. The Morgan fingerprint density at radius 2 is 1.90 bits per heavy atom. The van der Waals surface area contributed by atoms with Gasteiger partial charge in [-0.25, -0.2) is 0 Å². The molecule has 156 valence electrons. The third-order valence-electron chi connectivity index (χ3n) is 5.18. The fourth-order valence-corrected chi connectivity index (χ4v) is 3.64. The molecule has 2 N–H and O–H groups in total. The summed E-state index contributed by atoms with van der Waals surface area (Å²) in [4.78, 5) is 27.0. The summed E-state index contributed by atoms with van der Waals surface area (Å²) >= 11 is 0. The Labute approximate surface area is 171 Å². The Bertz CT molecular complexity index is 785. The summed E-state index contributed by atoms with van der Waals surface area (Å²) in [6.07, 6.45) is 5.47. The molecule has 1 aliphatic heterocycles. The Morgan fingerprint density at radius 3 is 2.62 bits per heavy atom. The molecule has 0 saturated carbocycles. The van der Waals surface area contributed by atoms with E-state index in [4.69, 9.17) is 9.15 Å². The van der Waals surface area contributed by atoms with Crippen molar-refractivity contribution in [1.29, 1.82) is 0 Å². The molecule has 1 aromatic heterocycles. The minimum atomic E-state index is -0.253. The van der Waals surface area contributed by atoms with Gasteiger partial charge in [0.15, 0.2) is 0 Å². The zero-order chi connectivity index (χ0) is 20.5. The summed E-state index contributed by atoms with van der Waals surface area (Å²) in [7, 11) is 1.53. The van der Waals surface area contributed by atoms with Crippen LogP contribution in [-0.4, -0.2) is 50.0 Å². The molecule has 2 amide bonds. The molecule has 0 aliphatic carbocycles. The van der Waals surface area contributed by atoms with Crippen molar-refractivity contribution in [3.05, 3.63) is 54.0 Å². The van der Waals surface area contributed by atoms with E-state index in [0.29, 0.717) is 17.9 Å². The summed E-state index contributed by atoms with van der Waals surface area (Å²) in [6, 6.07) is 10.9. The highest BCUT2D eigenvalue weighted by atomic mass is 16.5. The average molecular weight is 399 g/mol. The van der Waals surface area contributed by atoms with Crippen LogP contribution < -0.4 is 15.4 Å². The topological polar surface area (TPSA) is 83.8 Å². The van der Waals surface area contributed by atoms with E-state index in [0.717, 1.165) is 18.8 Å². The number of amides is 2. The van der Waals surface area contributed by atoms with Gasteiger partial charge in [-0.3, -0.25) is 14.5 Å². The van der Waals surface area contributed by atoms with Crippen LogP contribution in [0.1, 0.15) is 47.8 Å². The quantitative estimate of drug-likeness (QED) is 0.677. The zero-order valence-electron chi connectivity index (χ0n) is 16.9. The molecule has 1 aliphatic rings. The standard InChI is InChI=1S/C22H29N3O4/c1-28-19-9-4-3-8-17(19)22(27)23-12-11-21(26)24-16-18(20-10-7-15-29-20)25-13-5-2-6-14-25/h3-4,7-10,15,18H,2,5-6,11-14,16H2,1H3,(H,23,27)(H,24,26)/t18-/m0/s1. The highest BCUT2D eigenvalue weighted by Gasteiger charge is 2.24. The summed E-state index contributed by atoms with van der Waals surface area (Å²) in [5.41, 5.74) is 0.457. The van der Waals surface area contributed by atoms with E-state index in [1.54, 1.807) is 30.5 Å². The summed E-state index contributed by atoms with van der Waals surface area (Å²) < 4.78 is 10.8. The SMILES string of the molecule is COc1ccccc1C(=O)NCCC(=O)NC[C@@H](c1ccco1)N1CCCCC1. The number of carbonyl (C=O) groups is 2. The molecule has 0 spiro atoms. The van der Waals surface area contributed by atoms with E-state index in [1.807, 2.05) is 12.1 Å². The molecule has 0 bridgehead atoms. The number of furan rings is 1. The van der Waals surface area contributed by atoms with E-state index < -0.39 is 0 Å². The Morgan fingerprint density at radius 1 is 1.10 bits per heavy atom. The summed E-state index contributed by atoms with van der Waals surface area (Å²) in [6.45, 7) is 2.77. The normalized spacial score (nSPS) is 15.5. The third kappa shape index (κ3) is 5.84. The number of nitrogens with one attached hydrogen (secondary N) is 2. The lowest BCUT2D eigenvalue weighted by molar-refractivity contribution is -0.121. The van der Waals surface area contributed by atoms with Gasteiger partial charge in [0.1, 0.15) is 11.5 Å². The molecule has 1 saturated heterocycles. The van der Waals surface area contributed by atoms with Crippen LogP contribution in [0.4, 0.5) is 0 Å². The van der Waals surface area contributed by atoms with E-state index in [1.165, 1.54) is 26.4 Å². The molecule has 0 unspecified atom stereocenters. The molecule has 3 rings (SSSR count). The first-order valence-corrected chi connectivity index (χ1v) is 10.1. The van der Waals surface area contributed by atoms with Gasteiger partial charge < -0.3 is 19.8 Å². The first-order valence-electron chi connectivity index (χ1n) is 10.1. The molecule has 0 radical (unpaired) electrons. The van der Waals surface area contributed by atoms with Crippen LogP contribution in [0.2, 0.25) is 0 Å². The van der Waals surface area contributed by atoms with Crippen molar-refractivity contribution in [3.8, 4) is 5.75 Å². The molecular formula is C22H29N3O4. The van der Waals surface area contributed by atoms with Crippen LogP contribution >= 0.6 is 0 Å². The van der Waals surface area contributed by atoms with E-state index in [-0.39, 0.29) is 30.8 Å². The van der Waals surface area contributed by atoms with Crippen molar-refractivity contribution in [2.24, 2.45) is 0 Å². The van der Waals surface area contributed by atoms with Crippen molar-refractivity contribution >= 4 is 11.8 Å². The second kappa shape index (κ2) is 10.7. The predicted molar refractivity (Wildman–Crippen MR) is 110 cm³/mol. The molecule has 2 aromatic rings. The molecule has 7 heteroatoms. The van der Waals surface area contributed by atoms with Gasteiger partial charge in [0.05, 0.1) is 25.0 Å². The summed E-state index contributed by atoms with van der Waals surface area (Å²) in [5, 5.41) is 5.76. The lowest BCUT2D eigenvalue weighted by atomic mass is 10.1. The third-order valence-corrected chi connectivity index (χ3v) is 5.18. The van der Waals surface area contributed by atoms with E-state index in [2.05, 4.69) is 15.5 Å². The minimum Gasteiger partial charge on any atom is -0.496 e. The number of rotatable bonds is 9. The van der Waals surface area contributed by atoms with Crippen LogP contribution in [0.5, 0.6) is 5.75 Å². The van der Waals surface area contributed by atoms with Gasteiger partial charge in [-0.05, 0) is 50.2 Å². The largest absolute Gasteiger partial charge is 0.496 e. The van der Waals surface area contributed by atoms with Crippen molar-refractivity contribution in [3.63, 3.8) is 0 Å². The number of likely N-dealkylation sites (tertiary alicyclic amines) is 1. The van der Waals surface area contributed by atoms with Gasteiger partial charge >= 0.3 is 0 Å². The van der Waals surface area contributed by atoms with E-state index >= 15 is 0 Å². The van der Waals surface area contributed by atoms with Crippen molar-refractivity contribution in [1.82, 2.24) is 15.5 Å². The molecule has 7 nitrogen and oxygen atoms in total. The summed E-state index contributed by atoms with van der Waals surface area (Å²) in [5.74, 6) is 1.03. The number of hydrogen-bond acceptors (Lipinski definition) is 5. The number of benzene rings is 1. The van der Waals surface area contributed by atoms with Crippen LogP contribution in [0.15, 0.2) is 47.1 Å². The van der Waals surface area contributed by atoms with Gasteiger partial charge in [0, 0.05) is 19.5 Å². The number of methoxy groups -OCH3 is 1. The first-order chi connectivity index (χ1) is 14.2. The lowest BCUT2D eigenvalue weighted by Gasteiger charge is -2.33. The molecule has 1 atom stereocenters. The van der Waals surface area contributed by atoms with Gasteiger partial charge in [-0.2, -0.15) is 0 Å². The monoisotopic (exact) mass is 399 g/mol. The van der Waals surface area contributed by atoms with Crippen LogP contribution in [0.25, 0.3) is 0 Å². The maximum Gasteiger partial charge on any atom is 0.255 e.